The third kappa shape index (κ3) is 3.89. The molecule has 4 nitrogen and oxygen atoms in total. The highest BCUT2D eigenvalue weighted by atomic mass is 16.6. The van der Waals surface area contributed by atoms with Gasteiger partial charge in [-0.25, -0.2) is 4.79 Å². The van der Waals surface area contributed by atoms with E-state index in [2.05, 4.69) is 0 Å². The largest absolute Gasteiger partial charge is 0.508 e. The van der Waals surface area contributed by atoms with E-state index in [-0.39, 0.29) is 11.8 Å². The fourth-order valence-electron chi connectivity index (χ4n) is 2.49. The van der Waals surface area contributed by atoms with E-state index in [9.17, 15) is 9.90 Å². The zero-order valence-corrected chi connectivity index (χ0v) is 12.4. The average Bonchev–Trinajstić information content (AvgIpc) is 2.38. The number of piperidine rings is 1. The molecule has 20 heavy (non-hydrogen) atoms. The van der Waals surface area contributed by atoms with E-state index in [1.54, 1.807) is 17.0 Å². The third-order valence-electron chi connectivity index (χ3n) is 3.44. The van der Waals surface area contributed by atoms with E-state index < -0.39 is 5.60 Å². The highest BCUT2D eigenvalue weighted by Gasteiger charge is 2.28. The summed E-state index contributed by atoms with van der Waals surface area (Å²) in [5.74, 6) is 0.588. The second-order valence-electron chi connectivity index (χ2n) is 6.36. The van der Waals surface area contributed by atoms with E-state index in [0.29, 0.717) is 12.5 Å². The van der Waals surface area contributed by atoms with E-state index >= 15 is 0 Å². The highest BCUT2D eigenvalue weighted by molar-refractivity contribution is 5.68. The number of ether oxygens (including phenoxy) is 1. The second-order valence-corrected chi connectivity index (χ2v) is 6.36. The minimum absolute atomic E-state index is 0.235. The number of amides is 1. The maximum absolute atomic E-state index is 12.1. The van der Waals surface area contributed by atoms with Crippen LogP contribution in [0.2, 0.25) is 0 Å². The van der Waals surface area contributed by atoms with Gasteiger partial charge in [0, 0.05) is 19.0 Å². The van der Waals surface area contributed by atoms with Crippen molar-refractivity contribution in [1.82, 2.24) is 4.90 Å². The van der Waals surface area contributed by atoms with Gasteiger partial charge in [-0.2, -0.15) is 0 Å². The Labute approximate surface area is 120 Å². The quantitative estimate of drug-likeness (QED) is 0.854. The number of hydrogen-bond donors (Lipinski definition) is 1. The molecule has 1 saturated heterocycles. The van der Waals surface area contributed by atoms with Crippen molar-refractivity contribution in [2.45, 2.75) is 45.1 Å². The van der Waals surface area contributed by atoms with Gasteiger partial charge in [0.2, 0.25) is 0 Å². The molecule has 0 unspecified atom stereocenters. The zero-order valence-electron chi connectivity index (χ0n) is 12.4. The lowest BCUT2D eigenvalue weighted by atomic mass is 9.91. The van der Waals surface area contributed by atoms with Gasteiger partial charge in [-0.15, -0.1) is 0 Å². The van der Waals surface area contributed by atoms with Crippen LogP contribution in [0.4, 0.5) is 4.79 Å². The van der Waals surface area contributed by atoms with Crippen LogP contribution in [-0.2, 0) is 4.74 Å². The molecule has 1 aromatic carbocycles. The SMILES string of the molecule is CC(C)(C)OC(=O)N1CCC[C@@H](c2ccc(O)cc2)C1. The van der Waals surface area contributed by atoms with Crippen molar-refractivity contribution in [2.24, 2.45) is 0 Å². The van der Waals surface area contributed by atoms with Gasteiger partial charge in [-0.3, -0.25) is 0 Å². The predicted molar refractivity (Wildman–Crippen MR) is 77.9 cm³/mol. The average molecular weight is 277 g/mol. The first-order valence-electron chi connectivity index (χ1n) is 7.12. The van der Waals surface area contributed by atoms with Crippen LogP contribution < -0.4 is 0 Å². The first kappa shape index (κ1) is 14.7. The van der Waals surface area contributed by atoms with Crippen LogP contribution in [0.15, 0.2) is 24.3 Å². The van der Waals surface area contributed by atoms with E-state index in [1.807, 2.05) is 32.9 Å². The summed E-state index contributed by atoms with van der Waals surface area (Å²) in [4.78, 5) is 13.9. The zero-order chi connectivity index (χ0) is 14.8. The number of aromatic hydroxyl groups is 1. The molecule has 1 N–H and O–H groups in total. The van der Waals surface area contributed by atoms with Crippen molar-refractivity contribution in [3.05, 3.63) is 29.8 Å². The summed E-state index contributed by atoms with van der Waals surface area (Å²) >= 11 is 0. The van der Waals surface area contributed by atoms with Crippen molar-refractivity contribution in [3.8, 4) is 5.75 Å². The predicted octanol–water partition coefficient (Wildman–Crippen LogP) is 3.51. The molecule has 1 aliphatic rings. The van der Waals surface area contributed by atoms with Crippen molar-refractivity contribution >= 4 is 6.09 Å². The fourth-order valence-corrected chi connectivity index (χ4v) is 2.49. The molecular formula is C16H23NO3. The molecule has 1 atom stereocenters. The summed E-state index contributed by atoms with van der Waals surface area (Å²) < 4.78 is 5.43. The number of nitrogens with zero attached hydrogens (tertiary/aromatic N) is 1. The van der Waals surface area contributed by atoms with Gasteiger partial charge < -0.3 is 14.7 Å². The fraction of sp³-hybridized carbons (Fsp3) is 0.562. The molecule has 1 amide bonds. The molecule has 1 heterocycles. The van der Waals surface area contributed by atoms with Crippen LogP contribution in [0, 0.1) is 0 Å². The normalized spacial score (nSPS) is 19.8. The van der Waals surface area contributed by atoms with Crippen LogP contribution in [0.5, 0.6) is 5.75 Å². The van der Waals surface area contributed by atoms with Crippen LogP contribution >= 0.6 is 0 Å². The number of carbonyl (C=O) groups excluding carboxylic acids is 1. The number of likely N-dealkylation sites (tertiary alicyclic amines) is 1. The molecule has 2 rings (SSSR count). The maximum Gasteiger partial charge on any atom is 0.410 e. The van der Waals surface area contributed by atoms with Crippen LogP contribution in [-0.4, -0.2) is 34.8 Å². The number of hydrogen-bond acceptors (Lipinski definition) is 3. The molecule has 1 fully saturated rings. The lowest BCUT2D eigenvalue weighted by molar-refractivity contribution is 0.0198. The Morgan fingerprint density at radius 1 is 1.30 bits per heavy atom. The monoisotopic (exact) mass is 277 g/mol. The number of phenols is 1. The summed E-state index contributed by atoms with van der Waals surface area (Å²) in [6, 6.07) is 7.25. The summed E-state index contributed by atoms with van der Waals surface area (Å²) in [7, 11) is 0. The topological polar surface area (TPSA) is 49.8 Å². The molecular weight excluding hydrogens is 254 g/mol. The lowest BCUT2D eigenvalue weighted by Crippen LogP contribution is -2.42. The number of benzene rings is 1. The Bertz CT molecular complexity index is 462. The number of phenolic OH excluding ortho intramolecular Hbond substituents is 1. The molecule has 0 aromatic heterocycles. The Balaban J connectivity index is 2.01. The third-order valence-corrected chi connectivity index (χ3v) is 3.44. The minimum Gasteiger partial charge on any atom is -0.508 e. The van der Waals surface area contributed by atoms with E-state index in [1.165, 1.54) is 0 Å². The molecule has 110 valence electrons. The van der Waals surface area contributed by atoms with Crippen molar-refractivity contribution in [1.29, 1.82) is 0 Å². The van der Waals surface area contributed by atoms with Gasteiger partial charge in [0.05, 0.1) is 0 Å². The van der Waals surface area contributed by atoms with Crippen molar-refractivity contribution < 1.29 is 14.6 Å². The Morgan fingerprint density at radius 3 is 2.55 bits per heavy atom. The van der Waals surface area contributed by atoms with Crippen LogP contribution in [0.25, 0.3) is 0 Å². The van der Waals surface area contributed by atoms with Gasteiger partial charge >= 0.3 is 6.09 Å². The van der Waals surface area contributed by atoms with E-state index in [4.69, 9.17) is 4.74 Å². The van der Waals surface area contributed by atoms with Crippen LogP contribution in [0.1, 0.15) is 45.1 Å². The number of carbonyl (C=O) groups is 1. The smallest absolute Gasteiger partial charge is 0.410 e. The van der Waals surface area contributed by atoms with Gasteiger partial charge in [-0.05, 0) is 51.3 Å². The standard InChI is InChI=1S/C16H23NO3/c1-16(2,3)20-15(19)17-10-4-5-13(11-17)12-6-8-14(18)9-7-12/h6-9,13,18H,4-5,10-11H2,1-3H3/t13-/m1/s1. The van der Waals surface area contributed by atoms with Crippen molar-refractivity contribution in [3.63, 3.8) is 0 Å². The summed E-state index contributed by atoms with van der Waals surface area (Å²) in [6.07, 6.45) is 1.80. The Hall–Kier alpha value is -1.71. The van der Waals surface area contributed by atoms with Gasteiger partial charge in [0.15, 0.2) is 0 Å². The molecule has 0 radical (unpaired) electrons. The summed E-state index contributed by atoms with van der Waals surface area (Å²) in [6.45, 7) is 7.08. The van der Waals surface area contributed by atoms with Gasteiger partial charge in [-0.1, -0.05) is 12.1 Å². The Morgan fingerprint density at radius 2 is 1.95 bits per heavy atom. The molecule has 0 aliphatic carbocycles. The molecule has 1 aromatic rings. The number of rotatable bonds is 1. The van der Waals surface area contributed by atoms with Crippen molar-refractivity contribution in [2.75, 3.05) is 13.1 Å². The highest BCUT2D eigenvalue weighted by Crippen LogP contribution is 2.28. The summed E-state index contributed by atoms with van der Waals surface area (Å²) in [5, 5.41) is 9.34. The first-order valence-corrected chi connectivity index (χ1v) is 7.12. The minimum atomic E-state index is -0.456. The molecule has 1 aliphatic heterocycles. The van der Waals surface area contributed by atoms with Gasteiger partial charge in [0.25, 0.3) is 0 Å². The molecule has 4 heteroatoms. The lowest BCUT2D eigenvalue weighted by Gasteiger charge is -2.34. The second kappa shape index (κ2) is 5.73. The first-order chi connectivity index (χ1) is 9.35. The van der Waals surface area contributed by atoms with E-state index in [0.717, 1.165) is 24.9 Å². The molecule has 0 spiro atoms. The van der Waals surface area contributed by atoms with Crippen LogP contribution in [0.3, 0.4) is 0 Å². The van der Waals surface area contributed by atoms with Gasteiger partial charge in [0.1, 0.15) is 11.4 Å². The Kier molecular flexibility index (Phi) is 4.21. The summed E-state index contributed by atoms with van der Waals surface area (Å²) in [5.41, 5.74) is 0.707. The molecule has 0 bridgehead atoms. The maximum atomic E-state index is 12.1. The molecule has 0 saturated carbocycles.